The number of thiazole rings is 1. The van der Waals surface area contributed by atoms with E-state index in [1.807, 2.05) is 23.5 Å². The largest absolute Gasteiger partial charge is 0.383 e. The normalized spacial score (nSPS) is 20.2. The number of fused-ring (bicyclic) bond motifs is 1. The Hall–Kier alpha value is -1.42. The second-order valence-electron chi connectivity index (χ2n) is 6.21. The average Bonchev–Trinajstić information content (AvgIpc) is 3.06. The predicted molar refractivity (Wildman–Crippen MR) is 82.7 cm³/mol. The van der Waals surface area contributed by atoms with E-state index in [1.165, 1.54) is 49.1 Å². The molecule has 0 bridgehead atoms. The monoisotopic (exact) mass is 285 g/mol. The molecule has 2 aromatic rings. The Balaban J connectivity index is 1.70. The van der Waals surface area contributed by atoms with E-state index < -0.39 is 0 Å². The molecule has 4 heteroatoms. The second-order valence-corrected chi connectivity index (χ2v) is 7.29. The maximum Gasteiger partial charge on any atom is 0.133 e. The molecule has 0 unspecified atom stereocenters. The summed E-state index contributed by atoms with van der Waals surface area (Å²) in [4.78, 5) is 10.5. The van der Waals surface area contributed by atoms with Crippen molar-refractivity contribution in [2.24, 2.45) is 5.41 Å². The summed E-state index contributed by atoms with van der Waals surface area (Å²) in [5.74, 6) is 0.592. The minimum Gasteiger partial charge on any atom is -0.383 e. The van der Waals surface area contributed by atoms with E-state index in [4.69, 9.17) is 10.7 Å². The number of aromatic nitrogens is 2. The quantitative estimate of drug-likeness (QED) is 0.866. The Morgan fingerprint density at radius 3 is 2.85 bits per heavy atom. The predicted octanol–water partition coefficient (Wildman–Crippen LogP) is 3.84. The van der Waals surface area contributed by atoms with Crippen molar-refractivity contribution in [3.63, 3.8) is 0 Å². The zero-order chi connectivity index (χ0) is 13.6. The van der Waals surface area contributed by atoms with E-state index in [-0.39, 0.29) is 0 Å². The zero-order valence-electron chi connectivity index (χ0n) is 11.6. The molecule has 20 heavy (non-hydrogen) atoms. The van der Waals surface area contributed by atoms with Gasteiger partial charge in [-0.3, -0.25) is 0 Å². The van der Waals surface area contributed by atoms with Crippen LogP contribution in [0, 0.1) is 5.41 Å². The molecule has 0 amide bonds. The van der Waals surface area contributed by atoms with E-state index >= 15 is 0 Å². The molecule has 2 aromatic heterocycles. The molecule has 2 heterocycles. The lowest BCUT2D eigenvalue weighted by Gasteiger charge is -2.32. The van der Waals surface area contributed by atoms with Gasteiger partial charge in [0.2, 0.25) is 0 Å². The number of hydrogen-bond acceptors (Lipinski definition) is 4. The molecule has 3 nitrogen and oxygen atoms in total. The van der Waals surface area contributed by atoms with Gasteiger partial charge in [0.25, 0.3) is 0 Å². The third-order valence-electron chi connectivity index (χ3n) is 4.94. The molecule has 4 rings (SSSR count). The van der Waals surface area contributed by atoms with Gasteiger partial charge in [-0.25, -0.2) is 9.97 Å². The summed E-state index contributed by atoms with van der Waals surface area (Å²) >= 11 is 1.83. The molecule has 0 aromatic carbocycles. The van der Waals surface area contributed by atoms with Gasteiger partial charge < -0.3 is 5.73 Å². The van der Waals surface area contributed by atoms with Crippen LogP contribution in [0.3, 0.4) is 0 Å². The zero-order valence-corrected chi connectivity index (χ0v) is 12.4. The lowest BCUT2D eigenvalue weighted by molar-refractivity contribution is 0.256. The first kappa shape index (κ1) is 12.3. The third-order valence-corrected chi connectivity index (χ3v) is 6.07. The van der Waals surface area contributed by atoms with Gasteiger partial charge in [0.1, 0.15) is 10.8 Å². The van der Waals surface area contributed by atoms with Crippen molar-refractivity contribution >= 4 is 17.2 Å². The Labute approximate surface area is 123 Å². The molecule has 1 fully saturated rings. The summed E-state index contributed by atoms with van der Waals surface area (Å²) in [6.07, 6.45) is 11.1. The number of nitrogen functional groups attached to an aromatic ring is 1. The van der Waals surface area contributed by atoms with Crippen LogP contribution in [0.1, 0.15) is 42.7 Å². The Morgan fingerprint density at radius 1 is 1.20 bits per heavy atom. The van der Waals surface area contributed by atoms with Crippen molar-refractivity contribution in [1.82, 2.24) is 9.97 Å². The summed E-state index contributed by atoms with van der Waals surface area (Å²) in [6.45, 7) is 0. The van der Waals surface area contributed by atoms with Crippen LogP contribution in [0.15, 0.2) is 18.3 Å². The highest BCUT2D eigenvalue weighted by Gasteiger charge is 2.38. The molecule has 0 radical (unpaired) electrons. The van der Waals surface area contributed by atoms with Gasteiger partial charge in [0.05, 0.1) is 11.3 Å². The summed E-state index contributed by atoms with van der Waals surface area (Å²) in [6, 6.07) is 3.96. The van der Waals surface area contributed by atoms with Crippen LogP contribution >= 0.6 is 11.3 Å². The summed E-state index contributed by atoms with van der Waals surface area (Å²) in [5.41, 5.74) is 8.88. The van der Waals surface area contributed by atoms with Gasteiger partial charge in [-0.1, -0.05) is 12.8 Å². The summed E-state index contributed by atoms with van der Waals surface area (Å²) in [5, 5.41) is 1.05. The molecule has 104 valence electrons. The lowest BCUT2D eigenvalue weighted by Crippen LogP contribution is -2.24. The molecule has 2 N–H and O–H groups in total. The van der Waals surface area contributed by atoms with Gasteiger partial charge in [0.15, 0.2) is 0 Å². The van der Waals surface area contributed by atoms with E-state index in [2.05, 4.69) is 4.98 Å². The molecule has 1 spiro atoms. The molecule has 1 saturated carbocycles. The van der Waals surface area contributed by atoms with Gasteiger partial charge in [-0.15, -0.1) is 11.3 Å². The molecule has 2 aliphatic rings. The number of anilines is 1. The number of pyridine rings is 1. The Bertz CT molecular complexity index is 641. The van der Waals surface area contributed by atoms with Crippen molar-refractivity contribution in [2.75, 3.05) is 5.73 Å². The smallest absolute Gasteiger partial charge is 0.133 e. The molecular weight excluding hydrogens is 266 g/mol. The van der Waals surface area contributed by atoms with E-state index in [0.717, 1.165) is 17.0 Å². The van der Waals surface area contributed by atoms with Crippen LogP contribution < -0.4 is 5.73 Å². The SMILES string of the molecule is Nc1ncccc1-c1nc2c(s1)CC1(CCCC1)CC2. The average molecular weight is 285 g/mol. The van der Waals surface area contributed by atoms with Crippen LogP contribution in [0.5, 0.6) is 0 Å². The van der Waals surface area contributed by atoms with Crippen molar-refractivity contribution in [2.45, 2.75) is 44.9 Å². The van der Waals surface area contributed by atoms with Crippen molar-refractivity contribution in [1.29, 1.82) is 0 Å². The van der Waals surface area contributed by atoms with E-state index in [0.29, 0.717) is 11.2 Å². The second kappa shape index (κ2) is 4.55. The first-order valence-corrected chi connectivity index (χ1v) is 8.27. The van der Waals surface area contributed by atoms with Crippen LogP contribution in [0.2, 0.25) is 0 Å². The number of aryl methyl sites for hydroxylation is 1. The van der Waals surface area contributed by atoms with Gasteiger partial charge in [-0.2, -0.15) is 0 Å². The van der Waals surface area contributed by atoms with Crippen molar-refractivity contribution in [3.05, 3.63) is 28.9 Å². The molecule has 2 aliphatic carbocycles. The van der Waals surface area contributed by atoms with Crippen molar-refractivity contribution in [3.8, 4) is 10.6 Å². The van der Waals surface area contributed by atoms with Crippen LogP contribution in [0.25, 0.3) is 10.6 Å². The fraction of sp³-hybridized carbons (Fsp3) is 0.500. The highest BCUT2D eigenvalue weighted by Crippen LogP contribution is 2.49. The molecule has 0 atom stereocenters. The molecule has 0 saturated heterocycles. The standard InChI is InChI=1S/C16H19N3S/c17-14-11(4-3-9-18-14)15-19-12-5-8-16(6-1-2-7-16)10-13(12)20-15/h3-4,9H,1-2,5-8,10H2,(H2,17,18). The van der Waals surface area contributed by atoms with Gasteiger partial charge >= 0.3 is 0 Å². The number of nitrogens with two attached hydrogens (primary N) is 1. The minimum absolute atomic E-state index is 0.592. The first-order chi connectivity index (χ1) is 9.76. The summed E-state index contributed by atoms with van der Waals surface area (Å²) in [7, 11) is 0. The third kappa shape index (κ3) is 1.94. The van der Waals surface area contributed by atoms with Crippen molar-refractivity contribution < 1.29 is 0 Å². The Kier molecular flexibility index (Phi) is 2.81. The lowest BCUT2D eigenvalue weighted by atomic mass is 9.74. The molecular formula is C16H19N3S. The fourth-order valence-electron chi connectivity index (χ4n) is 3.79. The maximum absolute atomic E-state index is 5.98. The fourth-order valence-corrected chi connectivity index (χ4v) is 5.11. The van der Waals surface area contributed by atoms with Crippen LogP contribution in [-0.2, 0) is 12.8 Å². The van der Waals surface area contributed by atoms with E-state index in [9.17, 15) is 0 Å². The van der Waals surface area contributed by atoms with Crippen LogP contribution in [0.4, 0.5) is 5.82 Å². The number of rotatable bonds is 1. The topological polar surface area (TPSA) is 51.8 Å². The highest BCUT2D eigenvalue weighted by atomic mass is 32.1. The summed E-state index contributed by atoms with van der Waals surface area (Å²) < 4.78 is 0. The van der Waals surface area contributed by atoms with Gasteiger partial charge in [-0.05, 0) is 49.7 Å². The highest BCUT2D eigenvalue weighted by molar-refractivity contribution is 7.15. The maximum atomic E-state index is 5.98. The Morgan fingerprint density at radius 2 is 2.05 bits per heavy atom. The number of nitrogens with zero attached hydrogens (tertiary/aromatic N) is 2. The minimum atomic E-state index is 0.592. The van der Waals surface area contributed by atoms with Gasteiger partial charge in [0, 0.05) is 11.1 Å². The van der Waals surface area contributed by atoms with E-state index in [1.54, 1.807) is 6.20 Å². The molecule has 0 aliphatic heterocycles. The van der Waals surface area contributed by atoms with Crippen LogP contribution in [-0.4, -0.2) is 9.97 Å². The number of hydrogen-bond donors (Lipinski definition) is 1. The first-order valence-electron chi connectivity index (χ1n) is 7.45.